The Morgan fingerprint density at radius 3 is 1.14 bits per heavy atom. The van der Waals surface area contributed by atoms with Crippen molar-refractivity contribution >= 4 is 17.9 Å². The number of unbranched alkanes of at least 4 members (excludes halogenated alkanes) is 23. The monoisotopic (exact) mass is 785 g/mol. The van der Waals surface area contributed by atoms with Crippen LogP contribution in [-0.4, -0.2) is 37.2 Å². The van der Waals surface area contributed by atoms with E-state index in [1.54, 1.807) is 0 Å². The third kappa shape index (κ3) is 42.5. The first-order valence-electron chi connectivity index (χ1n) is 23.6. The largest absolute Gasteiger partial charge is 0.462 e. The van der Waals surface area contributed by atoms with Gasteiger partial charge in [0.15, 0.2) is 6.10 Å². The molecule has 6 nitrogen and oxygen atoms in total. The molecule has 6 heteroatoms. The Hall–Kier alpha value is -2.63. The molecule has 0 N–H and O–H groups in total. The molecule has 1 atom stereocenters. The van der Waals surface area contributed by atoms with E-state index in [4.69, 9.17) is 14.2 Å². The molecule has 0 aromatic rings. The van der Waals surface area contributed by atoms with Crippen molar-refractivity contribution in [3.63, 3.8) is 0 Å². The van der Waals surface area contributed by atoms with Gasteiger partial charge < -0.3 is 14.2 Å². The predicted molar refractivity (Wildman–Crippen MR) is 238 cm³/mol. The Labute approximate surface area is 346 Å². The average molecular weight is 785 g/mol. The maximum absolute atomic E-state index is 12.7. The van der Waals surface area contributed by atoms with E-state index in [9.17, 15) is 14.4 Å². The summed E-state index contributed by atoms with van der Waals surface area (Å²) < 4.78 is 16.7. The van der Waals surface area contributed by atoms with E-state index < -0.39 is 6.10 Å². The van der Waals surface area contributed by atoms with Crippen LogP contribution in [-0.2, 0) is 28.6 Å². The SMILES string of the molecule is CC/C=C\C/C=C\C/C=C\CCCCCCCC(=O)OCC(COC(=O)CCCCCCCCCCCCC)OC(=O)CCCCCCC/C=C\CCCCC. The number of hydrogen-bond acceptors (Lipinski definition) is 6. The van der Waals surface area contributed by atoms with Gasteiger partial charge in [0, 0.05) is 19.3 Å². The Kier molecular flexibility index (Phi) is 43.0. The van der Waals surface area contributed by atoms with Crippen molar-refractivity contribution in [3.05, 3.63) is 48.6 Å². The van der Waals surface area contributed by atoms with Crippen molar-refractivity contribution < 1.29 is 28.6 Å². The number of ether oxygens (including phenoxy) is 3. The van der Waals surface area contributed by atoms with Crippen LogP contribution in [0.3, 0.4) is 0 Å². The zero-order chi connectivity index (χ0) is 40.8. The van der Waals surface area contributed by atoms with Gasteiger partial charge in [0.1, 0.15) is 13.2 Å². The summed E-state index contributed by atoms with van der Waals surface area (Å²) in [7, 11) is 0. The molecule has 0 aliphatic heterocycles. The molecule has 0 fully saturated rings. The van der Waals surface area contributed by atoms with Gasteiger partial charge in [-0.15, -0.1) is 0 Å². The number of hydrogen-bond donors (Lipinski definition) is 0. The second-order valence-corrected chi connectivity index (χ2v) is 15.6. The molecular weight excluding hydrogens is 697 g/mol. The van der Waals surface area contributed by atoms with Crippen molar-refractivity contribution in [1.82, 2.24) is 0 Å². The highest BCUT2D eigenvalue weighted by molar-refractivity contribution is 5.71. The van der Waals surface area contributed by atoms with Gasteiger partial charge in [-0.1, -0.05) is 185 Å². The van der Waals surface area contributed by atoms with Gasteiger partial charge in [-0.25, -0.2) is 0 Å². The molecule has 0 aromatic carbocycles. The van der Waals surface area contributed by atoms with Gasteiger partial charge in [-0.05, 0) is 77.0 Å². The maximum atomic E-state index is 12.7. The lowest BCUT2D eigenvalue weighted by Crippen LogP contribution is -2.30. The molecular formula is C50H88O6. The van der Waals surface area contributed by atoms with Crippen molar-refractivity contribution in [1.29, 1.82) is 0 Å². The van der Waals surface area contributed by atoms with E-state index in [1.807, 2.05) is 0 Å². The fourth-order valence-corrected chi connectivity index (χ4v) is 6.51. The van der Waals surface area contributed by atoms with E-state index in [0.717, 1.165) is 109 Å². The van der Waals surface area contributed by atoms with Crippen LogP contribution in [0.2, 0.25) is 0 Å². The topological polar surface area (TPSA) is 78.9 Å². The second kappa shape index (κ2) is 45.1. The van der Waals surface area contributed by atoms with Crippen molar-refractivity contribution in [3.8, 4) is 0 Å². The first-order chi connectivity index (χ1) is 27.5. The average Bonchev–Trinajstić information content (AvgIpc) is 3.19. The molecule has 0 heterocycles. The molecule has 0 aliphatic carbocycles. The van der Waals surface area contributed by atoms with Gasteiger partial charge in [-0.2, -0.15) is 0 Å². The summed E-state index contributed by atoms with van der Waals surface area (Å²) in [5.41, 5.74) is 0. The van der Waals surface area contributed by atoms with Gasteiger partial charge in [0.05, 0.1) is 0 Å². The predicted octanol–water partition coefficient (Wildman–Crippen LogP) is 15.1. The molecule has 0 spiro atoms. The van der Waals surface area contributed by atoms with E-state index in [1.165, 1.54) is 83.5 Å². The van der Waals surface area contributed by atoms with E-state index >= 15 is 0 Å². The summed E-state index contributed by atoms with van der Waals surface area (Å²) in [6.07, 6.45) is 52.3. The van der Waals surface area contributed by atoms with Crippen LogP contribution in [0.5, 0.6) is 0 Å². The van der Waals surface area contributed by atoms with Crippen LogP contribution >= 0.6 is 0 Å². The summed E-state index contributed by atoms with van der Waals surface area (Å²) in [6.45, 7) is 6.47. The van der Waals surface area contributed by atoms with Crippen LogP contribution in [0.4, 0.5) is 0 Å². The van der Waals surface area contributed by atoms with Crippen LogP contribution in [0.15, 0.2) is 48.6 Å². The zero-order valence-electron chi connectivity index (χ0n) is 36.9. The lowest BCUT2D eigenvalue weighted by molar-refractivity contribution is -0.167. The Morgan fingerprint density at radius 1 is 0.375 bits per heavy atom. The van der Waals surface area contributed by atoms with Crippen molar-refractivity contribution in [2.75, 3.05) is 13.2 Å². The van der Waals surface area contributed by atoms with Crippen LogP contribution in [0.1, 0.15) is 233 Å². The van der Waals surface area contributed by atoms with Crippen molar-refractivity contribution in [2.24, 2.45) is 0 Å². The quantitative estimate of drug-likeness (QED) is 0.0265. The van der Waals surface area contributed by atoms with Gasteiger partial charge >= 0.3 is 17.9 Å². The minimum atomic E-state index is -0.779. The summed E-state index contributed by atoms with van der Waals surface area (Å²) in [5.74, 6) is -0.907. The number of carbonyl (C=O) groups is 3. The van der Waals surface area contributed by atoms with Crippen LogP contribution < -0.4 is 0 Å². The van der Waals surface area contributed by atoms with E-state index in [0.29, 0.717) is 19.3 Å². The second-order valence-electron chi connectivity index (χ2n) is 15.6. The maximum Gasteiger partial charge on any atom is 0.306 e. The highest BCUT2D eigenvalue weighted by Crippen LogP contribution is 2.14. The van der Waals surface area contributed by atoms with Crippen LogP contribution in [0.25, 0.3) is 0 Å². The molecule has 0 amide bonds. The molecule has 0 radical (unpaired) electrons. The van der Waals surface area contributed by atoms with E-state index in [2.05, 4.69) is 69.4 Å². The van der Waals surface area contributed by atoms with E-state index in [-0.39, 0.29) is 31.1 Å². The molecule has 0 aliphatic rings. The fourth-order valence-electron chi connectivity index (χ4n) is 6.51. The fraction of sp³-hybridized carbons (Fsp3) is 0.780. The normalized spacial score (nSPS) is 12.4. The number of rotatable bonds is 42. The number of carbonyl (C=O) groups excluding carboxylic acids is 3. The third-order valence-electron chi connectivity index (χ3n) is 10.1. The molecule has 56 heavy (non-hydrogen) atoms. The van der Waals surface area contributed by atoms with Gasteiger partial charge in [0.2, 0.25) is 0 Å². The van der Waals surface area contributed by atoms with Crippen molar-refractivity contribution in [2.45, 2.75) is 239 Å². The first kappa shape index (κ1) is 53.4. The molecule has 0 aromatic heterocycles. The first-order valence-corrected chi connectivity index (χ1v) is 23.6. The minimum absolute atomic E-state index is 0.0805. The number of allylic oxidation sites excluding steroid dienone is 8. The smallest absolute Gasteiger partial charge is 0.306 e. The van der Waals surface area contributed by atoms with Gasteiger partial charge in [0.25, 0.3) is 0 Å². The lowest BCUT2D eigenvalue weighted by Gasteiger charge is -2.18. The Bertz CT molecular complexity index is 996. The minimum Gasteiger partial charge on any atom is -0.462 e. The highest BCUT2D eigenvalue weighted by atomic mass is 16.6. The number of esters is 3. The standard InChI is InChI=1S/C50H88O6/c1-4-7-10-13-16-19-22-24-25-26-29-31-34-37-40-43-49(52)55-46-47(45-54-48(51)42-39-36-33-30-27-21-18-15-12-9-6-3)56-50(53)44-41-38-35-32-28-23-20-17-14-11-8-5-2/h7,10,16-17,19-20,24-25,47H,4-6,8-9,11-15,18,21-23,26-46H2,1-3H3/b10-7-,19-16-,20-17-,25-24-. The van der Waals surface area contributed by atoms with Gasteiger partial charge in [-0.3, -0.25) is 14.4 Å². The molecule has 0 saturated heterocycles. The Balaban J connectivity index is 4.40. The summed E-state index contributed by atoms with van der Waals surface area (Å²) in [5, 5.41) is 0. The van der Waals surface area contributed by atoms with Crippen LogP contribution in [0, 0.1) is 0 Å². The molecule has 324 valence electrons. The zero-order valence-corrected chi connectivity index (χ0v) is 36.9. The third-order valence-corrected chi connectivity index (χ3v) is 10.1. The molecule has 0 saturated carbocycles. The molecule has 0 bridgehead atoms. The molecule has 1 unspecified atom stereocenters. The summed E-state index contributed by atoms with van der Waals surface area (Å²) in [4.78, 5) is 37.8. The highest BCUT2D eigenvalue weighted by Gasteiger charge is 2.19. The Morgan fingerprint density at radius 2 is 0.696 bits per heavy atom. The lowest BCUT2D eigenvalue weighted by atomic mass is 10.1. The summed E-state index contributed by atoms with van der Waals surface area (Å²) in [6, 6.07) is 0. The summed E-state index contributed by atoms with van der Waals surface area (Å²) >= 11 is 0. The molecule has 0 rings (SSSR count).